The number of ether oxygens (including phenoxy) is 1. The average Bonchev–Trinajstić information content (AvgIpc) is 3.47. The Balaban J connectivity index is 1.19. The predicted molar refractivity (Wildman–Crippen MR) is 138 cm³/mol. The number of piperidine rings is 1. The maximum Gasteiger partial charge on any atom is 0.257 e. The normalized spacial score (nSPS) is 21.4. The molecule has 3 heterocycles. The molecule has 178 valence electrons. The second kappa shape index (κ2) is 9.30. The third-order valence-corrected chi connectivity index (χ3v) is 8.17. The molecule has 1 N–H and O–H groups in total. The first-order valence-electron chi connectivity index (χ1n) is 12.2. The molecule has 0 radical (unpaired) electrons. The summed E-state index contributed by atoms with van der Waals surface area (Å²) in [5.41, 5.74) is 5.69. The first-order valence-corrected chi connectivity index (χ1v) is 13.3. The number of rotatable bonds is 5. The largest absolute Gasteiger partial charge is 0.486 e. The van der Waals surface area contributed by atoms with Gasteiger partial charge in [0.15, 0.2) is 11.0 Å². The van der Waals surface area contributed by atoms with Crippen molar-refractivity contribution in [2.45, 2.75) is 38.2 Å². The molecule has 6 rings (SSSR count). The number of nitrogens with zero attached hydrogens (tertiary/aromatic N) is 2. The maximum absolute atomic E-state index is 12.0. The summed E-state index contributed by atoms with van der Waals surface area (Å²) in [5, 5.41) is 0. The number of anilines is 1. The number of nitrogens with one attached hydrogen (secondary N) is 1. The van der Waals surface area contributed by atoms with Crippen LogP contribution < -0.4 is 14.4 Å². The van der Waals surface area contributed by atoms with Crippen LogP contribution in [0.4, 0.5) is 5.82 Å². The fourth-order valence-electron chi connectivity index (χ4n) is 5.27. The highest BCUT2D eigenvalue weighted by Crippen LogP contribution is 2.40. The average molecular weight is 486 g/mol. The Hall–Kier alpha value is -3.45. The van der Waals surface area contributed by atoms with Gasteiger partial charge in [0.2, 0.25) is 0 Å². The molecule has 1 saturated heterocycles. The van der Waals surface area contributed by atoms with Crippen molar-refractivity contribution in [3.63, 3.8) is 0 Å². The number of amides is 1. The van der Waals surface area contributed by atoms with E-state index in [2.05, 4.69) is 40.0 Å². The molecule has 3 aromatic rings. The van der Waals surface area contributed by atoms with Gasteiger partial charge >= 0.3 is 0 Å². The molecule has 1 amide bonds. The molecular weight excluding hydrogens is 458 g/mol. The van der Waals surface area contributed by atoms with Crippen molar-refractivity contribution in [2.24, 2.45) is 0 Å². The number of benzene rings is 2. The summed E-state index contributed by atoms with van der Waals surface area (Å²) in [6.45, 7) is 2.19. The van der Waals surface area contributed by atoms with Crippen LogP contribution in [0.1, 0.15) is 48.5 Å². The number of aromatic nitrogens is 1. The summed E-state index contributed by atoms with van der Waals surface area (Å²) in [6, 6.07) is 18.2. The van der Waals surface area contributed by atoms with E-state index in [9.17, 15) is 9.00 Å². The zero-order chi connectivity index (χ0) is 23.8. The Morgan fingerprint density at radius 1 is 0.971 bits per heavy atom. The van der Waals surface area contributed by atoms with Crippen LogP contribution in [0.25, 0.3) is 16.0 Å². The van der Waals surface area contributed by atoms with Gasteiger partial charge in [-0.1, -0.05) is 30.3 Å². The van der Waals surface area contributed by atoms with Gasteiger partial charge in [-0.15, -0.1) is 0 Å². The van der Waals surface area contributed by atoms with Crippen LogP contribution in [-0.2, 0) is 22.2 Å². The standard InChI is InChI=1S/C28H27N3O3S/c32-28-17-26(35(33)30-28)19-7-10-21(11-8-19)34-25-13-12-23-22(5-4-6-24(23)25)20-9-14-27(29-18-20)31-15-2-1-3-16-31/h4-11,14,17-18,25H,1-3,12-13,15-16H2,(H,30,32). The molecule has 0 spiro atoms. The minimum Gasteiger partial charge on any atom is -0.486 e. The molecule has 7 heteroatoms. The van der Waals surface area contributed by atoms with E-state index < -0.39 is 11.0 Å². The van der Waals surface area contributed by atoms with Crippen molar-refractivity contribution in [3.05, 3.63) is 83.6 Å². The first kappa shape index (κ1) is 22.0. The number of pyridine rings is 1. The predicted octanol–water partition coefficient (Wildman–Crippen LogP) is 4.94. The molecule has 1 aromatic heterocycles. The van der Waals surface area contributed by atoms with E-state index in [-0.39, 0.29) is 12.0 Å². The summed E-state index contributed by atoms with van der Waals surface area (Å²) in [4.78, 5) is 19.1. The lowest BCUT2D eigenvalue weighted by Gasteiger charge is -2.27. The number of carbonyl (C=O) groups excluding carboxylic acids is 1. The number of fused-ring (bicyclic) bond motifs is 1. The fraction of sp³-hybridized carbons (Fsp3) is 0.286. The van der Waals surface area contributed by atoms with E-state index in [1.54, 1.807) is 0 Å². The van der Waals surface area contributed by atoms with Crippen LogP contribution in [-0.4, -0.2) is 28.2 Å². The molecule has 0 saturated carbocycles. The van der Waals surface area contributed by atoms with Gasteiger partial charge in [-0.25, -0.2) is 9.19 Å². The molecule has 6 nitrogen and oxygen atoms in total. The van der Waals surface area contributed by atoms with Crippen molar-refractivity contribution in [1.82, 2.24) is 9.71 Å². The highest BCUT2D eigenvalue weighted by atomic mass is 32.2. The zero-order valence-electron chi connectivity index (χ0n) is 19.4. The highest BCUT2D eigenvalue weighted by molar-refractivity contribution is 7.93. The van der Waals surface area contributed by atoms with Gasteiger partial charge in [-0.2, -0.15) is 0 Å². The molecule has 1 aliphatic carbocycles. The molecule has 35 heavy (non-hydrogen) atoms. The third-order valence-electron chi connectivity index (χ3n) is 7.03. The Morgan fingerprint density at radius 3 is 2.49 bits per heavy atom. The Kier molecular flexibility index (Phi) is 5.86. The second-order valence-corrected chi connectivity index (χ2v) is 10.4. The van der Waals surface area contributed by atoms with Crippen molar-refractivity contribution < 1.29 is 13.7 Å². The molecule has 1 fully saturated rings. The van der Waals surface area contributed by atoms with Crippen LogP contribution in [0.2, 0.25) is 0 Å². The lowest BCUT2D eigenvalue weighted by molar-refractivity contribution is -0.114. The van der Waals surface area contributed by atoms with Crippen molar-refractivity contribution in [2.75, 3.05) is 18.0 Å². The van der Waals surface area contributed by atoms with E-state index in [0.29, 0.717) is 4.91 Å². The van der Waals surface area contributed by atoms with Crippen LogP contribution in [0.5, 0.6) is 5.75 Å². The third kappa shape index (κ3) is 4.36. The Labute approximate surface area is 207 Å². The van der Waals surface area contributed by atoms with Gasteiger partial charge < -0.3 is 9.64 Å². The monoisotopic (exact) mass is 485 g/mol. The summed E-state index contributed by atoms with van der Waals surface area (Å²) < 4.78 is 20.8. The van der Waals surface area contributed by atoms with Crippen LogP contribution in [0.3, 0.4) is 0 Å². The van der Waals surface area contributed by atoms with Gasteiger partial charge in [-0.05, 0) is 78.6 Å². The highest BCUT2D eigenvalue weighted by Gasteiger charge is 2.27. The van der Waals surface area contributed by atoms with Crippen LogP contribution in [0.15, 0.2) is 66.9 Å². The van der Waals surface area contributed by atoms with Gasteiger partial charge in [0.25, 0.3) is 5.91 Å². The minimum atomic E-state index is -1.49. The molecule has 2 aliphatic heterocycles. The summed E-state index contributed by atoms with van der Waals surface area (Å²) in [7, 11) is -1.49. The van der Waals surface area contributed by atoms with Gasteiger partial charge in [0, 0.05) is 30.9 Å². The van der Waals surface area contributed by atoms with Gasteiger partial charge in [-0.3, -0.25) is 9.52 Å². The molecule has 2 unspecified atom stereocenters. The van der Waals surface area contributed by atoms with Crippen LogP contribution in [0, 0.1) is 0 Å². The van der Waals surface area contributed by atoms with Crippen molar-refractivity contribution in [1.29, 1.82) is 0 Å². The van der Waals surface area contributed by atoms with E-state index >= 15 is 0 Å². The topological polar surface area (TPSA) is 71.5 Å². The SMILES string of the molecule is O=C1C=C(c2ccc(OC3CCc4c(-c5ccc(N6CCCCC6)nc5)cccc43)cc2)S(=O)N1. The van der Waals surface area contributed by atoms with E-state index in [0.717, 1.165) is 48.6 Å². The number of hydrogen-bond acceptors (Lipinski definition) is 5. The molecular formula is C28H27N3O3S. The van der Waals surface area contributed by atoms with E-state index in [4.69, 9.17) is 9.72 Å². The summed E-state index contributed by atoms with van der Waals surface area (Å²) in [6.07, 6.45) is 9.06. The molecule has 0 bridgehead atoms. The minimum absolute atomic E-state index is 0.0144. The lowest BCUT2D eigenvalue weighted by Crippen LogP contribution is -2.29. The number of carbonyl (C=O) groups is 1. The van der Waals surface area contributed by atoms with E-state index in [1.807, 2.05) is 30.5 Å². The molecule has 3 aliphatic rings. The van der Waals surface area contributed by atoms with Crippen molar-refractivity contribution >= 4 is 27.6 Å². The van der Waals surface area contributed by atoms with E-state index in [1.165, 1.54) is 42.0 Å². The van der Waals surface area contributed by atoms with Gasteiger partial charge in [0.1, 0.15) is 17.7 Å². The Morgan fingerprint density at radius 2 is 1.77 bits per heavy atom. The quantitative estimate of drug-likeness (QED) is 0.554. The molecule has 2 aromatic carbocycles. The smallest absolute Gasteiger partial charge is 0.257 e. The lowest BCUT2D eigenvalue weighted by atomic mass is 9.98. The van der Waals surface area contributed by atoms with Crippen LogP contribution >= 0.6 is 0 Å². The molecule has 2 atom stereocenters. The first-order chi connectivity index (χ1) is 17.2. The zero-order valence-corrected chi connectivity index (χ0v) is 20.2. The fourth-order valence-corrected chi connectivity index (χ4v) is 6.18. The summed E-state index contributed by atoms with van der Waals surface area (Å²) in [5.74, 6) is 1.50. The summed E-state index contributed by atoms with van der Waals surface area (Å²) >= 11 is 0. The van der Waals surface area contributed by atoms with Gasteiger partial charge in [0.05, 0.1) is 4.91 Å². The number of hydrogen-bond donors (Lipinski definition) is 1. The maximum atomic E-state index is 12.0. The second-order valence-electron chi connectivity index (χ2n) is 9.24. The Bertz CT molecular complexity index is 1310. The van der Waals surface area contributed by atoms with Crippen molar-refractivity contribution in [3.8, 4) is 16.9 Å².